The summed E-state index contributed by atoms with van der Waals surface area (Å²) in [6.45, 7) is 11.3. The Balaban J connectivity index is 1.49. The van der Waals surface area contributed by atoms with Gasteiger partial charge in [-0.15, -0.1) is 0 Å². The maximum atomic E-state index is 8.00. The molecule has 4 heteroatoms. The van der Waals surface area contributed by atoms with Gasteiger partial charge in [0.25, 0.3) is 0 Å². The van der Waals surface area contributed by atoms with Crippen LogP contribution in [-0.4, -0.2) is 9.52 Å². The summed E-state index contributed by atoms with van der Waals surface area (Å²) in [6.07, 6.45) is 2.43. The summed E-state index contributed by atoms with van der Waals surface area (Å²) in [5.74, 6) is 0. The van der Waals surface area contributed by atoms with E-state index < -0.39 is 27.4 Å². The Hall–Kier alpha value is -2.48. The van der Waals surface area contributed by atoms with E-state index in [9.17, 15) is 0 Å². The van der Waals surface area contributed by atoms with Crippen LogP contribution in [0.15, 0.2) is 103 Å². The van der Waals surface area contributed by atoms with Crippen molar-refractivity contribution in [3.8, 4) is 22.3 Å². The van der Waals surface area contributed by atoms with E-state index in [4.69, 9.17) is 17.0 Å². The van der Waals surface area contributed by atoms with E-state index in [2.05, 4.69) is 144 Å². The Morgan fingerprint density at radius 2 is 1.37 bits per heavy atom. The average Bonchev–Trinajstić information content (AvgIpc) is 3.55. The average molecular weight is 695 g/mol. The molecule has 0 spiro atoms. The van der Waals surface area contributed by atoms with Gasteiger partial charge < -0.3 is 0 Å². The zero-order valence-corrected chi connectivity index (χ0v) is 30.8. The molecule has 5 aromatic carbocycles. The SMILES string of the molecule is Cc1cc(C)cc(-c2c(C(C)(C)C)ccc3c2C=C(c2ccccc2)[CH]3[Zr]([Cl])([Cl])[c]2cccc3c2[SiH2]c2ccccc2-3)c1. The normalized spacial score (nSPS) is 16.2. The van der Waals surface area contributed by atoms with Gasteiger partial charge in [0, 0.05) is 0 Å². The van der Waals surface area contributed by atoms with E-state index in [1.54, 1.807) is 0 Å². The fraction of sp³-hybridized carbons (Fsp3) is 0.179. The van der Waals surface area contributed by atoms with E-state index in [0.717, 1.165) is 0 Å². The fourth-order valence-corrected chi connectivity index (χ4v) is 23.9. The summed E-state index contributed by atoms with van der Waals surface area (Å²) in [7, 11) is 15.3. The summed E-state index contributed by atoms with van der Waals surface area (Å²) < 4.78 is 1.25. The molecule has 0 saturated carbocycles. The Labute approximate surface area is 270 Å². The molecule has 0 radical (unpaired) electrons. The van der Waals surface area contributed by atoms with Gasteiger partial charge in [-0.2, -0.15) is 0 Å². The maximum absolute atomic E-state index is 8.00. The van der Waals surface area contributed by atoms with Gasteiger partial charge in [-0.05, 0) is 0 Å². The summed E-state index contributed by atoms with van der Waals surface area (Å²) in [6, 6.07) is 38.1. The molecule has 43 heavy (non-hydrogen) atoms. The van der Waals surface area contributed by atoms with Crippen molar-refractivity contribution in [3.05, 3.63) is 137 Å². The summed E-state index contributed by atoms with van der Waals surface area (Å²) in [4.78, 5) is 0. The molecule has 2 aliphatic rings. The van der Waals surface area contributed by atoms with Gasteiger partial charge in [-0.25, -0.2) is 0 Å². The van der Waals surface area contributed by atoms with Crippen LogP contribution in [0.5, 0.6) is 0 Å². The van der Waals surface area contributed by atoms with Crippen LogP contribution in [0.3, 0.4) is 0 Å². The number of fused-ring (bicyclic) bond motifs is 4. The second-order valence-electron chi connectivity index (χ2n) is 13.3. The van der Waals surface area contributed by atoms with Crippen molar-refractivity contribution < 1.29 is 17.9 Å². The minimum absolute atomic E-state index is 0.0158. The molecule has 5 aromatic rings. The van der Waals surface area contributed by atoms with Crippen molar-refractivity contribution in [2.45, 2.75) is 43.7 Å². The Morgan fingerprint density at radius 1 is 0.698 bits per heavy atom. The van der Waals surface area contributed by atoms with Crippen LogP contribution in [0.4, 0.5) is 0 Å². The summed E-state index contributed by atoms with van der Waals surface area (Å²) in [5, 5.41) is 2.96. The van der Waals surface area contributed by atoms with Crippen molar-refractivity contribution >= 4 is 51.8 Å². The van der Waals surface area contributed by atoms with Gasteiger partial charge in [0.1, 0.15) is 0 Å². The number of halogens is 2. The molecule has 0 fully saturated rings. The standard InChI is InChI=1S/C27H27.C12H9Si.2ClH.Zr/c1-18-13-19(2)15-23(14-18)26-24-17-22(20-9-7-6-8-10-20)16-21(24)11-12-25(26)27(3,4)5;1-3-7-11-9(5-1)10-6-2-4-8-12(10)13-11;;;/h6-17H,1-5H3;1-7H,13H2;2*1H;/q;;;;+2/p-2. The number of benzene rings is 5. The van der Waals surface area contributed by atoms with Crippen LogP contribution >= 0.6 is 17.0 Å². The molecular formula is C39H36Cl2SiZr. The van der Waals surface area contributed by atoms with E-state index in [1.807, 2.05) is 0 Å². The molecule has 1 aliphatic heterocycles. The van der Waals surface area contributed by atoms with Crippen molar-refractivity contribution in [3.63, 3.8) is 0 Å². The van der Waals surface area contributed by atoms with E-state index in [1.165, 1.54) is 74.9 Å². The van der Waals surface area contributed by atoms with Crippen molar-refractivity contribution in [1.29, 1.82) is 0 Å². The second kappa shape index (κ2) is 10.8. The number of hydrogen-bond acceptors (Lipinski definition) is 0. The monoisotopic (exact) mass is 692 g/mol. The molecule has 1 aliphatic carbocycles. The van der Waals surface area contributed by atoms with Gasteiger partial charge >= 0.3 is 272 Å². The van der Waals surface area contributed by atoms with Crippen LogP contribution in [-0.2, 0) is 23.3 Å². The molecule has 0 nitrogen and oxygen atoms in total. The Bertz CT molecular complexity index is 1910. The number of rotatable bonds is 4. The third kappa shape index (κ3) is 5.00. The van der Waals surface area contributed by atoms with Gasteiger partial charge in [-0.1, -0.05) is 0 Å². The third-order valence-corrected chi connectivity index (χ3v) is 23.4. The van der Waals surface area contributed by atoms with Crippen molar-refractivity contribution in [2.24, 2.45) is 0 Å². The molecule has 1 heterocycles. The molecule has 1 atom stereocenters. The first-order valence-electron chi connectivity index (χ1n) is 15.2. The van der Waals surface area contributed by atoms with Crippen LogP contribution < -0.4 is 13.6 Å². The van der Waals surface area contributed by atoms with Crippen LogP contribution in [0.25, 0.3) is 33.9 Å². The second-order valence-corrected chi connectivity index (χ2v) is 29.1. The number of allylic oxidation sites excluding steroid dienone is 1. The Kier molecular flexibility index (Phi) is 7.38. The molecule has 7 rings (SSSR count). The third-order valence-electron chi connectivity index (χ3n) is 9.20. The van der Waals surface area contributed by atoms with E-state index in [-0.39, 0.29) is 9.04 Å². The molecule has 0 saturated heterocycles. The zero-order valence-electron chi connectivity index (χ0n) is 25.4. The topological polar surface area (TPSA) is 0 Å². The van der Waals surface area contributed by atoms with Crippen LogP contribution in [0.1, 0.15) is 57.8 Å². The predicted molar refractivity (Wildman–Crippen MR) is 188 cm³/mol. The van der Waals surface area contributed by atoms with Crippen molar-refractivity contribution in [1.82, 2.24) is 0 Å². The van der Waals surface area contributed by atoms with Crippen LogP contribution in [0.2, 0.25) is 0 Å². The Morgan fingerprint density at radius 3 is 2.09 bits per heavy atom. The van der Waals surface area contributed by atoms with E-state index >= 15 is 0 Å². The molecule has 0 bridgehead atoms. The van der Waals surface area contributed by atoms with Crippen LogP contribution in [0, 0.1) is 13.8 Å². The first kappa shape index (κ1) is 29.2. The predicted octanol–water partition coefficient (Wildman–Crippen LogP) is 8.75. The molecule has 214 valence electrons. The molecule has 0 aromatic heterocycles. The summed E-state index contributed by atoms with van der Waals surface area (Å²) in [5.41, 5.74) is 14.3. The van der Waals surface area contributed by atoms with Gasteiger partial charge in [0.15, 0.2) is 0 Å². The quantitative estimate of drug-likeness (QED) is 0.162. The van der Waals surface area contributed by atoms with E-state index in [0.29, 0.717) is 0 Å². The van der Waals surface area contributed by atoms with Gasteiger partial charge in [-0.3, -0.25) is 0 Å². The number of aryl methyl sites for hydroxylation is 2. The fourth-order valence-electron chi connectivity index (χ4n) is 7.40. The minimum atomic E-state index is -4.15. The zero-order chi connectivity index (χ0) is 30.1. The van der Waals surface area contributed by atoms with Gasteiger partial charge in [0.2, 0.25) is 0 Å². The molecule has 0 amide bonds. The van der Waals surface area contributed by atoms with Crippen molar-refractivity contribution in [2.75, 3.05) is 0 Å². The molecule has 0 N–H and O–H groups in total. The first-order valence-corrected chi connectivity index (χ1v) is 25.5. The van der Waals surface area contributed by atoms with Gasteiger partial charge in [0.05, 0.1) is 0 Å². The number of hydrogen-bond donors (Lipinski definition) is 0. The molecular weight excluding hydrogens is 659 g/mol. The first-order chi connectivity index (χ1) is 20.5. The molecule has 1 unspecified atom stereocenters. The summed E-state index contributed by atoms with van der Waals surface area (Å²) >= 11 is -4.15.